The molecule has 0 radical (unpaired) electrons. The van der Waals surface area contributed by atoms with Crippen molar-refractivity contribution < 1.29 is 0 Å². The molecule has 2 aromatic rings. The van der Waals surface area contributed by atoms with Crippen molar-refractivity contribution in [1.82, 2.24) is 9.97 Å². The lowest BCUT2D eigenvalue weighted by atomic mass is 10.3. The Balaban J connectivity index is 2.38. The van der Waals surface area contributed by atoms with Crippen LogP contribution in [-0.4, -0.2) is 9.97 Å². The van der Waals surface area contributed by atoms with E-state index < -0.39 is 0 Å². The summed E-state index contributed by atoms with van der Waals surface area (Å²) in [5.74, 6) is 0. The van der Waals surface area contributed by atoms with Gasteiger partial charge in [-0.1, -0.05) is 0 Å². The van der Waals surface area contributed by atoms with Gasteiger partial charge in [0.15, 0.2) is 0 Å². The van der Waals surface area contributed by atoms with Crippen molar-refractivity contribution in [2.45, 2.75) is 6.42 Å². The Morgan fingerprint density at radius 2 is 2.40 bits per heavy atom. The van der Waals surface area contributed by atoms with Crippen LogP contribution >= 0.6 is 27.3 Å². The van der Waals surface area contributed by atoms with E-state index in [9.17, 15) is 0 Å². The Labute approximate surface area is 99.6 Å². The fourth-order valence-corrected chi connectivity index (χ4v) is 2.52. The highest BCUT2D eigenvalue weighted by Crippen LogP contribution is 2.28. The average Bonchev–Trinajstić information content (AvgIpc) is 2.68. The van der Waals surface area contributed by atoms with Crippen LogP contribution in [-0.2, 0) is 6.42 Å². The van der Waals surface area contributed by atoms with Gasteiger partial charge in [-0.15, -0.1) is 11.3 Å². The molecule has 15 heavy (non-hydrogen) atoms. The molecule has 0 aliphatic heterocycles. The molecule has 0 aromatic carbocycles. The van der Waals surface area contributed by atoms with Crippen LogP contribution in [0.4, 0.5) is 0 Å². The van der Waals surface area contributed by atoms with Crippen LogP contribution in [0.2, 0.25) is 0 Å². The second kappa shape index (κ2) is 4.51. The van der Waals surface area contributed by atoms with E-state index in [1.165, 1.54) is 11.3 Å². The van der Waals surface area contributed by atoms with Gasteiger partial charge in [0.2, 0.25) is 0 Å². The number of hydrogen-bond donors (Lipinski definition) is 0. The lowest BCUT2D eigenvalue weighted by molar-refractivity contribution is 1.15. The van der Waals surface area contributed by atoms with Crippen LogP contribution in [0, 0.1) is 11.3 Å². The summed E-state index contributed by atoms with van der Waals surface area (Å²) in [4.78, 5) is 8.57. The van der Waals surface area contributed by atoms with E-state index in [-0.39, 0.29) is 0 Å². The lowest BCUT2D eigenvalue weighted by Gasteiger charge is -1.97. The predicted octanol–water partition coefficient (Wildman–Crippen LogP) is 3.03. The molecule has 0 spiro atoms. The molecule has 0 aliphatic rings. The van der Waals surface area contributed by atoms with Gasteiger partial charge in [-0.25, -0.2) is 4.98 Å². The smallest absolute Gasteiger partial charge is 0.143 e. The maximum Gasteiger partial charge on any atom is 0.143 e. The van der Waals surface area contributed by atoms with Crippen LogP contribution in [0.5, 0.6) is 0 Å². The molecule has 0 N–H and O–H groups in total. The molecule has 2 aromatic heterocycles. The maximum atomic E-state index is 8.54. The Kier molecular flexibility index (Phi) is 3.09. The van der Waals surface area contributed by atoms with Crippen LogP contribution < -0.4 is 0 Å². The van der Waals surface area contributed by atoms with E-state index in [1.807, 2.05) is 17.5 Å². The summed E-state index contributed by atoms with van der Waals surface area (Å²) in [6.45, 7) is 0. The molecule has 0 saturated carbocycles. The van der Waals surface area contributed by atoms with E-state index in [0.717, 1.165) is 20.9 Å². The summed E-state index contributed by atoms with van der Waals surface area (Å²) in [6, 6.07) is 5.86. The van der Waals surface area contributed by atoms with Crippen LogP contribution in [0.3, 0.4) is 0 Å². The number of pyridine rings is 1. The Morgan fingerprint density at radius 3 is 3.13 bits per heavy atom. The summed E-state index contributed by atoms with van der Waals surface area (Å²) in [7, 11) is 0. The molecule has 2 rings (SSSR count). The SMILES string of the molecule is N#CCc1csc(-c2ncccc2Br)n1. The average molecular weight is 280 g/mol. The van der Waals surface area contributed by atoms with Crippen LogP contribution in [0.15, 0.2) is 28.2 Å². The number of halogens is 1. The Bertz CT molecular complexity index is 515. The van der Waals surface area contributed by atoms with Crippen molar-refractivity contribution in [2.75, 3.05) is 0 Å². The molecule has 74 valence electrons. The van der Waals surface area contributed by atoms with Gasteiger partial charge in [0.1, 0.15) is 10.7 Å². The van der Waals surface area contributed by atoms with Crippen molar-refractivity contribution in [2.24, 2.45) is 0 Å². The molecule has 5 heteroatoms. The van der Waals surface area contributed by atoms with Crippen LogP contribution in [0.1, 0.15) is 5.69 Å². The quantitative estimate of drug-likeness (QED) is 0.849. The number of nitrogens with zero attached hydrogens (tertiary/aromatic N) is 3. The van der Waals surface area contributed by atoms with Crippen molar-refractivity contribution >= 4 is 27.3 Å². The van der Waals surface area contributed by atoms with Gasteiger partial charge in [0.05, 0.1) is 18.2 Å². The predicted molar refractivity (Wildman–Crippen MR) is 62.4 cm³/mol. The first-order valence-electron chi connectivity index (χ1n) is 4.23. The van der Waals surface area contributed by atoms with Gasteiger partial charge in [0.25, 0.3) is 0 Å². The topological polar surface area (TPSA) is 49.6 Å². The van der Waals surface area contributed by atoms with Gasteiger partial charge in [-0.2, -0.15) is 5.26 Å². The molecule has 0 aliphatic carbocycles. The first kappa shape index (κ1) is 10.3. The highest BCUT2D eigenvalue weighted by Gasteiger charge is 2.08. The largest absolute Gasteiger partial charge is 0.253 e. The minimum absolute atomic E-state index is 0.348. The Morgan fingerprint density at radius 1 is 1.53 bits per heavy atom. The molecule has 2 heterocycles. The first-order chi connectivity index (χ1) is 7.31. The third-order valence-electron chi connectivity index (χ3n) is 1.77. The van der Waals surface area contributed by atoms with Crippen LogP contribution in [0.25, 0.3) is 10.7 Å². The number of hydrogen-bond acceptors (Lipinski definition) is 4. The van der Waals surface area contributed by atoms with Gasteiger partial charge >= 0.3 is 0 Å². The van der Waals surface area contributed by atoms with E-state index in [4.69, 9.17) is 5.26 Å². The van der Waals surface area contributed by atoms with Crippen molar-refractivity contribution in [1.29, 1.82) is 5.26 Å². The number of rotatable bonds is 2. The molecule has 3 nitrogen and oxygen atoms in total. The molecule has 0 amide bonds. The molecule has 0 unspecified atom stereocenters. The zero-order valence-electron chi connectivity index (χ0n) is 7.64. The minimum atomic E-state index is 0.348. The van der Waals surface area contributed by atoms with Crippen molar-refractivity contribution in [3.05, 3.63) is 33.9 Å². The maximum absolute atomic E-state index is 8.54. The van der Waals surface area contributed by atoms with E-state index >= 15 is 0 Å². The van der Waals surface area contributed by atoms with E-state index in [2.05, 4.69) is 32.0 Å². The molecule has 0 fully saturated rings. The highest BCUT2D eigenvalue weighted by atomic mass is 79.9. The summed E-state index contributed by atoms with van der Waals surface area (Å²) >= 11 is 4.92. The number of nitriles is 1. The third kappa shape index (κ3) is 2.22. The second-order valence-corrected chi connectivity index (χ2v) is 4.53. The summed E-state index contributed by atoms with van der Waals surface area (Å²) in [5, 5.41) is 11.3. The fraction of sp³-hybridized carbons (Fsp3) is 0.100. The fourth-order valence-electron chi connectivity index (χ4n) is 1.12. The molecule has 0 bridgehead atoms. The standard InChI is InChI=1S/C10H6BrN3S/c11-8-2-1-5-13-9(8)10-14-7(3-4-12)6-15-10/h1-2,5-6H,3H2. The molecule has 0 atom stereocenters. The zero-order valence-corrected chi connectivity index (χ0v) is 10.0. The number of thiazole rings is 1. The summed E-state index contributed by atoms with van der Waals surface area (Å²) in [5.41, 5.74) is 1.63. The third-order valence-corrected chi connectivity index (χ3v) is 3.31. The van der Waals surface area contributed by atoms with Crippen molar-refractivity contribution in [3.8, 4) is 16.8 Å². The molecular weight excluding hydrogens is 274 g/mol. The van der Waals surface area contributed by atoms with E-state index in [1.54, 1.807) is 6.20 Å². The minimum Gasteiger partial charge on any atom is -0.253 e. The first-order valence-corrected chi connectivity index (χ1v) is 5.91. The zero-order chi connectivity index (χ0) is 10.7. The van der Waals surface area contributed by atoms with Gasteiger partial charge in [-0.05, 0) is 28.1 Å². The lowest BCUT2D eigenvalue weighted by Crippen LogP contribution is -1.85. The summed E-state index contributed by atoms with van der Waals surface area (Å²) < 4.78 is 0.919. The summed E-state index contributed by atoms with van der Waals surface area (Å²) in [6.07, 6.45) is 2.08. The molecule has 0 saturated heterocycles. The van der Waals surface area contributed by atoms with Gasteiger partial charge in [0, 0.05) is 16.0 Å². The second-order valence-electron chi connectivity index (χ2n) is 2.81. The highest BCUT2D eigenvalue weighted by molar-refractivity contribution is 9.10. The number of aromatic nitrogens is 2. The molecular formula is C10H6BrN3S. The van der Waals surface area contributed by atoms with E-state index in [0.29, 0.717) is 6.42 Å². The normalized spacial score (nSPS) is 9.87. The van der Waals surface area contributed by atoms with Gasteiger partial charge in [-0.3, -0.25) is 4.98 Å². The Hall–Kier alpha value is -1.25. The monoisotopic (exact) mass is 279 g/mol. The van der Waals surface area contributed by atoms with Gasteiger partial charge < -0.3 is 0 Å². The van der Waals surface area contributed by atoms with Crippen molar-refractivity contribution in [3.63, 3.8) is 0 Å².